The summed E-state index contributed by atoms with van der Waals surface area (Å²) in [4.78, 5) is 0. The molecular weight excluding hydrogens is 224 g/mol. The van der Waals surface area contributed by atoms with Crippen LogP contribution in [0.4, 0.5) is 0 Å². The summed E-state index contributed by atoms with van der Waals surface area (Å²) in [7, 11) is 0. The van der Waals surface area contributed by atoms with Crippen molar-refractivity contribution in [1.82, 2.24) is 0 Å². The third kappa shape index (κ3) is 1.31. The summed E-state index contributed by atoms with van der Waals surface area (Å²) in [6.07, 6.45) is 0. The van der Waals surface area contributed by atoms with Crippen LogP contribution in [0.25, 0.3) is 0 Å². The molecule has 0 amide bonds. The quantitative estimate of drug-likeness (QED) is 0.661. The molecule has 0 saturated heterocycles. The van der Waals surface area contributed by atoms with Gasteiger partial charge in [0, 0.05) is 12.1 Å². The fraction of sp³-hybridized carbons (Fsp3) is 0. The second-order valence-electron chi connectivity index (χ2n) is 0.969. The Morgan fingerprint density at radius 1 is 1.57 bits per heavy atom. The van der Waals surface area contributed by atoms with E-state index in [2.05, 4.69) is 37.9 Å². The predicted molar refractivity (Wildman–Crippen MR) is 32.9 cm³/mol. The molecule has 37 valence electrons. The average Bonchev–Trinajstić information content (AvgIpc) is 1.87. The molecule has 0 saturated carbocycles. The van der Waals surface area contributed by atoms with Crippen molar-refractivity contribution in [2.24, 2.45) is 0 Å². The standard InChI is InChI=1S/C4HBr2O/c5-3-1-2-4(6)7-3/h1H. The van der Waals surface area contributed by atoms with E-state index in [4.69, 9.17) is 4.42 Å². The van der Waals surface area contributed by atoms with Gasteiger partial charge < -0.3 is 4.42 Å². The number of furan rings is 1. The Morgan fingerprint density at radius 3 is 2.43 bits per heavy atom. The lowest BCUT2D eigenvalue weighted by Gasteiger charge is -1.72. The number of rotatable bonds is 0. The lowest BCUT2D eigenvalue weighted by Crippen LogP contribution is -1.39. The Labute approximate surface area is 58.0 Å². The second-order valence-corrected chi connectivity index (χ2v) is 2.47. The first-order valence-corrected chi connectivity index (χ1v) is 3.20. The number of hydrogen-bond donors (Lipinski definition) is 0. The third-order valence-electron chi connectivity index (χ3n) is 0.486. The molecule has 1 radical (unpaired) electrons. The molecule has 0 aliphatic carbocycles. The highest BCUT2D eigenvalue weighted by atomic mass is 79.9. The van der Waals surface area contributed by atoms with Crippen molar-refractivity contribution in [3.05, 3.63) is 21.5 Å². The molecule has 1 aromatic heterocycles. The fourth-order valence-electron chi connectivity index (χ4n) is 0.258. The maximum atomic E-state index is 4.86. The van der Waals surface area contributed by atoms with Crippen molar-refractivity contribution in [3.63, 3.8) is 0 Å². The molecule has 0 N–H and O–H groups in total. The van der Waals surface area contributed by atoms with E-state index >= 15 is 0 Å². The highest BCUT2D eigenvalue weighted by molar-refractivity contribution is 9.11. The molecule has 0 aliphatic heterocycles. The van der Waals surface area contributed by atoms with Crippen molar-refractivity contribution in [2.45, 2.75) is 0 Å². The van der Waals surface area contributed by atoms with Gasteiger partial charge in [0.15, 0.2) is 9.34 Å². The summed E-state index contributed by atoms with van der Waals surface area (Å²) < 4.78 is 6.18. The van der Waals surface area contributed by atoms with Crippen LogP contribution in [0.1, 0.15) is 0 Å². The first-order chi connectivity index (χ1) is 3.29. The molecule has 1 heterocycles. The van der Waals surface area contributed by atoms with E-state index in [1.54, 1.807) is 6.07 Å². The van der Waals surface area contributed by atoms with Gasteiger partial charge in [-0.05, 0) is 31.9 Å². The molecule has 1 rings (SSSR count). The molecule has 3 heteroatoms. The molecule has 0 fully saturated rings. The smallest absolute Gasteiger partial charge is 0.178 e. The van der Waals surface area contributed by atoms with E-state index in [0.717, 1.165) is 0 Å². The van der Waals surface area contributed by atoms with Gasteiger partial charge in [-0.1, -0.05) is 0 Å². The van der Waals surface area contributed by atoms with E-state index in [0.29, 0.717) is 9.34 Å². The van der Waals surface area contributed by atoms with Gasteiger partial charge in [0.05, 0.1) is 0 Å². The third-order valence-corrected chi connectivity index (χ3v) is 1.27. The summed E-state index contributed by atoms with van der Waals surface area (Å²) in [6.45, 7) is 0. The molecule has 0 atom stereocenters. The van der Waals surface area contributed by atoms with Gasteiger partial charge in [-0.2, -0.15) is 0 Å². The minimum absolute atomic E-state index is 0.624. The average molecular weight is 225 g/mol. The maximum absolute atomic E-state index is 4.86. The van der Waals surface area contributed by atoms with Crippen LogP contribution in [0.3, 0.4) is 0 Å². The Bertz CT molecular complexity index is 142. The van der Waals surface area contributed by atoms with Crippen molar-refractivity contribution < 1.29 is 4.42 Å². The van der Waals surface area contributed by atoms with Gasteiger partial charge in [-0.25, -0.2) is 0 Å². The zero-order chi connectivity index (χ0) is 5.28. The second kappa shape index (κ2) is 2.01. The molecule has 0 bridgehead atoms. The van der Waals surface area contributed by atoms with Crippen LogP contribution >= 0.6 is 31.9 Å². The summed E-state index contributed by atoms with van der Waals surface area (Å²) >= 11 is 6.18. The van der Waals surface area contributed by atoms with Crippen molar-refractivity contribution in [3.8, 4) is 0 Å². The zero-order valence-electron chi connectivity index (χ0n) is 3.24. The molecule has 0 aromatic carbocycles. The van der Waals surface area contributed by atoms with Gasteiger partial charge in [0.25, 0.3) is 0 Å². The van der Waals surface area contributed by atoms with Crippen LogP contribution in [0.2, 0.25) is 0 Å². The topological polar surface area (TPSA) is 13.1 Å². The molecular formula is C4HBr2O. The molecule has 0 spiro atoms. The van der Waals surface area contributed by atoms with Crippen LogP contribution in [0.15, 0.2) is 19.8 Å². The van der Waals surface area contributed by atoms with E-state index in [9.17, 15) is 0 Å². The summed E-state index contributed by atoms with van der Waals surface area (Å²) in [5.41, 5.74) is 0. The summed E-state index contributed by atoms with van der Waals surface area (Å²) in [5.74, 6) is 0. The normalized spacial score (nSPS) is 9.43. The van der Waals surface area contributed by atoms with Gasteiger partial charge in [-0.15, -0.1) is 0 Å². The van der Waals surface area contributed by atoms with Crippen LogP contribution < -0.4 is 0 Å². The molecule has 0 unspecified atom stereocenters. The zero-order valence-corrected chi connectivity index (χ0v) is 6.41. The van der Waals surface area contributed by atoms with E-state index in [1.165, 1.54) is 0 Å². The van der Waals surface area contributed by atoms with Gasteiger partial charge in [0.2, 0.25) is 0 Å². The predicted octanol–water partition coefficient (Wildman–Crippen LogP) is 2.60. The first-order valence-electron chi connectivity index (χ1n) is 1.61. The summed E-state index contributed by atoms with van der Waals surface area (Å²) in [6, 6.07) is 4.47. The Kier molecular flexibility index (Phi) is 1.54. The van der Waals surface area contributed by atoms with E-state index in [-0.39, 0.29) is 0 Å². The molecule has 1 nitrogen and oxygen atoms in total. The van der Waals surface area contributed by atoms with E-state index < -0.39 is 0 Å². The molecule has 1 aromatic rings. The van der Waals surface area contributed by atoms with Crippen molar-refractivity contribution >= 4 is 31.9 Å². The van der Waals surface area contributed by atoms with Crippen LogP contribution in [0.5, 0.6) is 0 Å². The number of halogens is 2. The van der Waals surface area contributed by atoms with Gasteiger partial charge >= 0.3 is 0 Å². The van der Waals surface area contributed by atoms with Crippen LogP contribution in [0, 0.1) is 6.07 Å². The minimum Gasteiger partial charge on any atom is -0.442 e. The SMILES string of the molecule is Brc1[c]cc(Br)o1. The number of hydrogen-bond acceptors (Lipinski definition) is 1. The van der Waals surface area contributed by atoms with Gasteiger partial charge in [0.1, 0.15) is 0 Å². The molecule has 0 aliphatic rings. The van der Waals surface area contributed by atoms with E-state index in [1.807, 2.05) is 0 Å². The van der Waals surface area contributed by atoms with Gasteiger partial charge in [-0.3, -0.25) is 0 Å². The molecule has 7 heavy (non-hydrogen) atoms. The minimum atomic E-state index is 0.624. The highest BCUT2D eigenvalue weighted by Crippen LogP contribution is 2.17. The van der Waals surface area contributed by atoms with Crippen LogP contribution in [-0.2, 0) is 0 Å². The lowest BCUT2D eigenvalue weighted by atomic mass is 10.7. The Hall–Kier alpha value is 0.240. The van der Waals surface area contributed by atoms with Crippen LogP contribution in [-0.4, -0.2) is 0 Å². The lowest BCUT2D eigenvalue weighted by molar-refractivity contribution is 0.516. The fourth-order valence-corrected chi connectivity index (χ4v) is 1.04. The Balaban J connectivity index is 3.04. The maximum Gasteiger partial charge on any atom is 0.178 e. The summed E-state index contributed by atoms with van der Waals surface area (Å²) in [5, 5.41) is 0. The Morgan fingerprint density at radius 2 is 2.29 bits per heavy atom. The first kappa shape index (κ1) is 5.38. The highest BCUT2D eigenvalue weighted by Gasteiger charge is 1.90. The largest absolute Gasteiger partial charge is 0.442 e. The monoisotopic (exact) mass is 223 g/mol. The van der Waals surface area contributed by atoms with Crippen molar-refractivity contribution in [2.75, 3.05) is 0 Å². The van der Waals surface area contributed by atoms with Crippen molar-refractivity contribution in [1.29, 1.82) is 0 Å².